The molecule has 1 fully saturated rings. The van der Waals surface area contributed by atoms with E-state index in [9.17, 15) is 18.3 Å². The maximum Gasteiger partial charge on any atom is 0.255 e. The molecule has 1 unspecified atom stereocenters. The molecule has 3 N–H and O–H groups in total. The Bertz CT molecular complexity index is 687. The van der Waals surface area contributed by atoms with E-state index in [-0.39, 0.29) is 21.4 Å². The standard InChI is InChI=1S/C13H17ClN2O4S/c1-13(2)11(17)5-6-16(13)12(18)9-4-3-8(7-10(9)14)21(15,19)20/h3-4,7,11,17H,5-6H2,1-2H3,(H2,15,19,20). The molecule has 1 aromatic carbocycles. The number of aliphatic hydroxyl groups excluding tert-OH is 1. The third kappa shape index (κ3) is 2.91. The number of benzene rings is 1. The number of hydrogen-bond acceptors (Lipinski definition) is 4. The van der Waals surface area contributed by atoms with Gasteiger partial charge in [-0.2, -0.15) is 0 Å². The molecule has 0 saturated carbocycles. The average Bonchev–Trinajstić information content (AvgIpc) is 2.62. The number of rotatable bonds is 2. The first-order valence-electron chi connectivity index (χ1n) is 6.37. The van der Waals surface area contributed by atoms with E-state index in [1.807, 2.05) is 0 Å². The molecule has 6 nitrogen and oxygen atoms in total. The van der Waals surface area contributed by atoms with E-state index in [0.29, 0.717) is 13.0 Å². The molecule has 1 saturated heterocycles. The Morgan fingerprint density at radius 3 is 2.52 bits per heavy atom. The van der Waals surface area contributed by atoms with Crippen LogP contribution in [0.1, 0.15) is 30.6 Å². The number of nitrogens with zero attached hydrogens (tertiary/aromatic N) is 1. The molecule has 1 atom stereocenters. The van der Waals surface area contributed by atoms with Crippen molar-refractivity contribution in [3.05, 3.63) is 28.8 Å². The number of primary sulfonamides is 1. The topological polar surface area (TPSA) is 101 Å². The number of sulfonamides is 1. The first-order chi connectivity index (χ1) is 9.55. The maximum absolute atomic E-state index is 12.5. The highest BCUT2D eigenvalue weighted by Crippen LogP contribution is 2.32. The van der Waals surface area contributed by atoms with E-state index in [1.54, 1.807) is 13.8 Å². The summed E-state index contributed by atoms with van der Waals surface area (Å²) < 4.78 is 22.5. The monoisotopic (exact) mass is 332 g/mol. The van der Waals surface area contributed by atoms with Crippen LogP contribution in [0.5, 0.6) is 0 Å². The minimum Gasteiger partial charge on any atom is -0.391 e. The SMILES string of the molecule is CC1(C)C(O)CCN1C(=O)c1ccc(S(N)(=O)=O)cc1Cl. The van der Waals surface area contributed by atoms with Crippen LogP contribution in [0.25, 0.3) is 0 Å². The van der Waals surface area contributed by atoms with Crippen LogP contribution in [-0.4, -0.2) is 42.5 Å². The average molecular weight is 333 g/mol. The Kier molecular flexibility index (Phi) is 4.05. The summed E-state index contributed by atoms with van der Waals surface area (Å²) in [5, 5.41) is 15.0. The molecule has 1 heterocycles. The summed E-state index contributed by atoms with van der Waals surface area (Å²) in [6, 6.07) is 3.74. The Morgan fingerprint density at radius 2 is 2.10 bits per heavy atom. The Hall–Kier alpha value is -1.15. The van der Waals surface area contributed by atoms with Crippen LogP contribution in [0.15, 0.2) is 23.1 Å². The number of hydrogen-bond donors (Lipinski definition) is 2. The molecule has 0 aliphatic carbocycles. The zero-order valence-electron chi connectivity index (χ0n) is 11.7. The van der Waals surface area contributed by atoms with Crippen molar-refractivity contribution in [2.75, 3.05) is 6.54 Å². The van der Waals surface area contributed by atoms with E-state index in [0.717, 1.165) is 6.07 Å². The van der Waals surface area contributed by atoms with Crippen molar-refractivity contribution < 1.29 is 18.3 Å². The van der Waals surface area contributed by atoms with Crippen LogP contribution in [0.2, 0.25) is 5.02 Å². The zero-order valence-corrected chi connectivity index (χ0v) is 13.3. The number of aliphatic hydroxyl groups is 1. The molecule has 8 heteroatoms. The number of amides is 1. The Balaban J connectivity index is 2.37. The van der Waals surface area contributed by atoms with Crippen LogP contribution >= 0.6 is 11.6 Å². The van der Waals surface area contributed by atoms with Crippen molar-refractivity contribution in [1.82, 2.24) is 4.90 Å². The molecule has 1 amide bonds. The van der Waals surface area contributed by atoms with Gasteiger partial charge in [-0.25, -0.2) is 13.6 Å². The largest absolute Gasteiger partial charge is 0.391 e. The number of nitrogens with two attached hydrogens (primary N) is 1. The molecule has 0 radical (unpaired) electrons. The molecule has 21 heavy (non-hydrogen) atoms. The van der Waals surface area contributed by atoms with Gasteiger partial charge in [0.15, 0.2) is 0 Å². The minimum atomic E-state index is -3.87. The van der Waals surface area contributed by atoms with Crippen molar-refractivity contribution in [1.29, 1.82) is 0 Å². The lowest BCUT2D eigenvalue weighted by atomic mass is 9.98. The van der Waals surface area contributed by atoms with Gasteiger partial charge in [0.1, 0.15) is 0 Å². The smallest absolute Gasteiger partial charge is 0.255 e. The van der Waals surface area contributed by atoms with Crippen LogP contribution in [-0.2, 0) is 10.0 Å². The lowest BCUT2D eigenvalue weighted by molar-refractivity contribution is 0.0394. The summed E-state index contributed by atoms with van der Waals surface area (Å²) in [6.45, 7) is 3.96. The zero-order chi connectivity index (χ0) is 16.0. The van der Waals surface area contributed by atoms with Gasteiger partial charge in [0.05, 0.1) is 27.1 Å². The molecule has 0 bridgehead atoms. The van der Waals surface area contributed by atoms with E-state index >= 15 is 0 Å². The Morgan fingerprint density at radius 1 is 1.48 bits per heavy atom. The van der Waals surface area contributed by atoms with Gasteiger partial charge in [-0.3, -0.25) is 4.79 Å². The molecule has 1 aliphatic heterocycles. The maximum atomic E-state index is 12.5. The molecule has 1 aliphatic rings. The predicted molar refractivity (Wildman–Crippen MR) is 78.6 cm³/mol. The molecule has 0 aromatic heterocycles. The van der Waals surface area contributed by atoms with Crippen molar-refractivity contribution in [3.8, 4) is 0 Å². The van der Waals surface area contributed by atoms with Gasteiger partial charge in [0.2, 0.25) is 10.0 Å². The van der Waals surface area contributed by atoms with Gasteiger partial charge in [0, 0.05) is 6.54 Å². The molecular formula is C13H17ClN2O4S. The van der Waals surface area contributed by atoms with E-state index in [1.165, 1.54) is 17.0 Å². The molecule has 0 spiro atoms. The molecule has 2 rings (SSSR count). The number of carbonyl (C=O) groups is 1. The van der Waals surface area contributed by atoms with E-state index in [4.69, 9.17) is 16.7 Å². The lowest BCUT2D eigenvalue weighted by Crippen LogP contribution is -2.48. The van der Waals surface area contributed by atoms with Crippen molar-refractivity contribution >= 4 is 27.5 Å². The Labute approximate surface area is 128 Å². The first kappa shape index (κ1) is 16.2. The van der Waals surface area contributed by atoms with Gasteiger partial charge in [0.25, 0.3) is 5.91 Å². The molecule has 1 aromatic rings. The molecular weight excluding hydrogens is 316 g/mol. The fraction of sp³-hybridized carbons (Fsp3) is 0.462. The normalized spacial score (nSPS) is 21.6. The summed E-state index contributed by atoms with van der Waals surface area (Å²) in [6.07, 6.45) is -0.116. The summed E-state index contributed by atoms with van der Waals surface area (Å²) >= 11 is 6.01. The highest BCUT2D eigenvalue weighted by atomic mass is 35.5. The number of likely N-dealkylation sites (tertiary alicyclic amines) is 1. The summed E-state index contributed by atoms with van der Waals surface area (Å²) in [5.41, 5.74) is -0.509. The van der Waals surface area contributed by atoms with Crippen LogP contribution in [0, 0.1) is 0 Å². The second kappa shape index (κ2) is 5.24. The fourth-order valence-corrected chi connectivity index (χ4v) is 3.29. The van der Waals surface area contributed by atoms with Gasteiger partial charge < -0.3 is 10.0 Å². The van der Waals surface area contributed by atoms with Crippen molar-refractivity contribution in [3.63, 3.8) is 0 Å². The summed E-state index contributed by atoms with van der Waals surface area (Å²) in [4.78, 5) is 13.9. The summed E-state index contributed by atoms with van der Waals surface area (Å²) in [7, 11) is -3.87. The van der Waals surface area contributed by atoms with Crippen LogP contribution in [0.3, 0.4) is 0 Å². The van der Waals surface area contributed by atoms with Gasteiger partial charge in [-0.15, -0.1) is 0 Å². The first-order valence-corrected chi connectivity index (χ1v) is 8.30. The highest BCUT2D eigenvalue weighted by molar-refractivity contribution is 7.89. The fourth-order valence-electron chi connectivity index (χ4n) is 2.43. The predicted octanol–water partition coefficient (Wildman–Crippen LogP) is 0.973. The van der Waals surface area contributed by atoms with Gasteiger partial charge in [-0.05, 0) is 38.5 Å². The third-order valence-corrected chi connectivity index (χ3v) is 5.11. The minimum absolute atomic E-state index is 0.0173. The van der Waals surface area contributed by atoms with Crippen molar-refractivity contribution in [2.24, 2.45) is 5.14 Å². The van der Waals surface area contributed by atoms with E-state index < -0.39 is 21.7 Å². The number of halogens is 1. The highest BCUT2D eigenvalue weighted by Gasteiger charge is 2.43. The second-order valence-electron chi connectivity index (χ2n) is 5.60. The van der Waals surface area contributed by atoms with Crippen molar-refractivity contribution in [2.45, 2.75) is 36.8 Å². The van der Waals surface area contributed by atoms with E-state index in [2.05, 4.69) is 0 Å². The van der Waals surface area contributed by atoms with Gasteiger partial charge >= 0.3 is 0 Å². The van der Waals surface area contributed by atoms with Crippen LogP contribution < -0.4 is 5.14 Å². The quantitative estimate of drug-likeness (QED) is 0.842. The molecule has 116 valence electrons. The summed E-state index contributed by atoms with van der Waals surface area (Å²) in [5.74, 6) is -0.345. The van der Waals surface area contributed by atoms with Gasteiger partial charge in [-0.1, -0.05) is 11.6 Å². The number of carbonyl (C=O) groups excluding carboxylic acids is 1. The van der Waals surface area contributed by atoms with Crippen LogP contribution in [0.4, 0.5) is 0 Å². The second-order valence-corrected chi connectivity index (χ2v) is 7.57. The lowest BCUT2D eigenvalue weighted by Gasteiger charge is -2.34. The third-order valence-electron chi connectivity index (χ3n) is 3.88.